The Kier molecular flexibility index (Phi) is 6.68. The summed E-state index contributed by atoms with van der Waals surface area (Å²) in [5, 5.41) is 0. The molecule has 4 aromatic rings. The Bertz CT molecular complexity index is 951. The second kappa shape index (κ2) is 9.20. The van der Waals surface area contributed by atoms with E-state index in [9.17, 15) is 4.39 Å². The molecule has 1 aromatic heterocycles. The van der Waals surface area contributed by atoms with Gasteiger partial charge in [-0.3, -0.25) is 4.98 Å². The van der Waals surface area contributed by atoms with Gasteiger partial charge in [-0.1, -0.05) is 0 Å². The Hall–Kier alpha value is -2.40. The van der Waals surface area contributed by atoms with Gasteiger partial charge < -0.3 is 14.8 Å². The predicted octanol–water partition coefficient (Wildman–Crippen LogP) is 4.24. The first-order valence-electron chi connectivity index (χ1n) is 9.22. The maximum atomic E-state index is 14.4. The number of hydrogen-bond donors (Lipinski definition) is 1. The van der Waals surface area contributed by atoms with E-state index in [1.165, 1.54) is 0 Å². The molecule has 0 aliphatic carbocycles. The SMILES string of the molecule is CN1CCN(c2cc3nc(-c4ccc[cH-]4)[nH]c3cc2F)CC1.[Fe+2].c1cc[cH-]c1. The first kappa shape index (κ1) is 20.3. The fourth-order valence-electron chi connectivity index (χ4n) is 3.30. The average Bonchev–Trinajstić information content (AvgIpc) is 3.43. The number of aromatic amines is 1. The van der Waals surface area contributed by atoms with Crippen LogP contribution in [-0.4, -0.2) is 48.1 Å². The predicted molar refractivity (Wildman–Crippen MR) is 109 cm³/mol. The largest absolute Gasteiger partial charge is 2.00 e. The van der Waals surface area contributed by atoms with Crippen molar-refractivity contribution in [1.29, 1.82) is 0 Å². The number of halogens is 1. The molecule has 3 aromatic carbocycles. The Morgan fingerprint density at radius 1 is 1.04 bits per heavy atom. The summed E-state index contributed by atoms with van der Waals surface area (Å²) in [5.74, 6) is 0.602. The molecule has 0 unspecified atom stereocenters. The van der Waals surface area contributed by atoms with Crippen molar-refractivity contribution in [1.82, 2.24) is 14.9 Å². The van der Waals surface area contributed by atoms with Crippen molar-refractivity contribution >= 4 is 16.7 Å². The second-order valence-electron chi connectivity index (χ2n) is 6.83. The number of H-pyrrole nitrogens is 1. The Morgan fingerprint density at radius 3 is 2.39 bits per heavy atom. The molecule has 1 N–H and O–H groups in total. The maximum absolute atomic E-state index is 14.4. The van der Waals surface area contributed by atoms with Gasteiger partial charge in [0.15, 0.2) is 0 Å². The van der Waals surface area contributed by atoms with E-state index in [0.717, 1.165) is 48.6 Å². The van der Waals surface area contributed by atoms with Gasteiger partial charge in [-0.15, -0.1) is 11.6 Å². The number of benzene rings is 1. The zero-order valence-corrected chi connectivity index (χ0v) is 16.9. The second-order valence-corrected chi connectivity index (χ2v) is 6.83. The summed E-state index contributed by atoms with van der Waals surface area (Å²) in [6.07, 6.45) is 0. The van der Waals surface area contributed by atoms with Gasteiger partial charge in [-0.25, -0.2) is 16.5 Å². The van der Waals surface area contributed by atoms with Crippen LogP contribution in [0.15, 0.2) is 66.7 Å². The van der Waals surface area contributed by atoms with E-state index in [4.69, 9.17) is 0 Å². The number of imidazole rings is 1. The number of piperazine rings is 1. The molecule has 1 saturated heterocycles. The van der Waals surface area contributed by atoms with E-state index in [0.29, 0.717) is 5.69 Å². The monoisotopic (exact) mass is 418 g/mol. The average molecular weight is 418 g/mol. The van der Waals surface area contributed by atoms with Gasteiger partial charge in [0.2, 0.25) is 0 Å². The van der Waals surface area contributed by atoms with Crippen molar-refractivity contribution < 1.29 is 21.5 Å². The normalized spacial score (nSPS) is 14.4. The van der Waals surface area contributed by atoms with E-state index in [2.05, 4.69) is 26.8 Å². The van der Waals surface area contributed by atoms with Gasteiger partial charge in [-0.2, -0.15) is 36.4 Å². The number of likely N-dealkylation sites (N-methyl/N-ethyl adjacent to an activating group) is 1. The molecular formula is C22H23FFeN4. The fraction of sp³-hybridized carbons (Fsp3) is 0.227. The third-order valence-electron chi connectivity index (χ3n) is 4.89. The number of nitrogens with one attached hydrogen (secondary N) is 1. The van der Waals surface area contributed by atoms with Crippen molar-refractivity contribution in [2.75, 3.05) is 38.1 Å². The van der Waals surface area contributed by atoms with Crippen LogP contribution in [0.4, 0.5) is 10.1 Å². The summed E-state index contributed by atoms with van der Waals surface area (Å²) in [5.41, 5.74) is 3.23. The molecule has 4 nitrogen and oxygen atoms in total. The van der Waals surface area contributed by atoms with Gasteiger partial charge in [-0.05, 0) is 13.1 Å². The number of rotatable bonds is 2. The van der Waals surface area contributed by atoms with E-state index < -0.39 is 0 Å². The fourth-order valence-corrected chi connectivity index (χ4v) is 3.30. The van der Waals surface area contributed by atoms with E-state index in [1.54, 1.807) is 6.07 Å². The van der Waals surface area contributed by atoms with Crippen molar-refractivity contribution in [2.45, 2.75) is 0 Å². The standard InChI is InChI=1S/C17H18FN4.C5H5.Fe/c1-21-6-8-22(9-7-21)16-11-15-14(10-13(16)18)19-17(20-15)12-4-2-3-5-12;1-2-4-5-3-1;/h2-5,10-11H,6-9H2,1H3,(H,19,20);1-5H;/q2*-1;+2. The minimum Gasteiger partial charge on any atom is -0.378 e. The van der Waals surface area contributed by atoms with Crippen LogP contribution in [0, 0.1) is 5.82 Å². The number of nitrogens with zero attached hydrogens (tertiary/aromatic N) is 3. The van der Waals surface area contributed by atoms with Gasteiger partial charge in [0, 0.05) is 32.2 Å². The molecule has 0 amide bonds. The molecule has 0 spiro atoms. The van der Waals surface area contributed by atoms with Crippen molar-refractivity contribution in [2.24, 2.45) is 0 Å². The number of anilines is 1. The first-order valence-corrected chi connectivity index (χ1v) is 9.22. The van der Waals surface area contributed by atoms with Crippen LogP contribution in [0.5, 0.6) is 0 Å². The number of fused-ring (bicyclic) bond motifs is 1. The van der Waals surface area contributed by atoms with E-state index in [1.807, 2.05) is 60.7 Å². The molecular weight excluding hydrogens is 395 g/mol. The van der Waals surface area contributed by atoms with E-state index in [-0.39, 0.29) is 22.9 Å². The Labute approximate surface area is 175 Å². The van der Waals surface area contributed by atoms with Crippen molar-refractivity contribution in [3.05, 3.63) is 72.5 Å². The summed E-state index contributed by atoms with van der Waals surface area (Å²) >= 11 is 0. The summed E-state index contributed by atoms with van der Waals surface area (Å²) in [6, 6.07) is 21.4. The van der Waals surface area contributed by atoms with Gasteiger partial charge in [0.1, 0.15) is 5.82 Å². The van der Waals surface area contributed by atoms with Gasteiger partial charge in [0.25, 0.3) is 0 Å². The van der Waals surface area contributed by atoms with Crippen LogP contribution in [0.25, 0.3) is 22.4 Å². The van der Waals surface area contributed by atoms with Crippen molar-refractivity contribution in [3.8, 4) is 11.4 Å². The molecule has 1 aliphatic heterocycles. The number of hydrogen-bond acceptors (Lipinski definition) is 3. The van der Waals surface area contributed by atoms with Crippen LogP contribution in [0.1, 0.15) is 0 Å². The van der Waals surface area contributed by atoms with E-state index >= 15 is 0 Å². The van der Waals surface area contributed by atoms with Crippen LogP contribution < -0.4 is 4.90 Å². The molecule has 28 heavy (non-hydrogen) atoms. The van der Waals surface area contributed by atoms with Gasteiger partial charge in [0.05, 0.1) is 22.5 Å². The molecule has 0 radical (unpaired) electrons. The smallest absolute Gasteiger partial charge is 0.378 e. The molecule has 1 fully saturated rings. The molecule has 0 saturated carbocycles. The first-order chi connectivity index (χ1) is 13.2. The van der Waals surface area contributed by atoms with Gasteiger partial charge >= 0.3 is 17.1 Å². The third kappa shape index (κ3) is 4.53. The molecule has 0 bridgehead atoms. The summed E-state index contributed by atoms with van der Waals surface area (Å²) in [6.45, 7) is 3.60. The van der Waals surface area contributed by atoms with Crippen LogP contribution in [0.3, 0.4) is 0 Å². The summed E-state index contributed by atoms with van der Waals surface area (Å²) in [4.78, 5) is 12.2. The van der Waals surface area contributed by atoms with Crippen molar-refractivity contribution in [3.63, 3.8) is 0 Å². The van der Waals surface area contributed by atoms with Crippen LogP contribution in [0.2, 0.25) is 0 Å². The molecule has 2 heterocycles. The van der Waals surface area contributed by atoms with Crippen LogP contribution >= 0.6 is 0 Å². The topological polar surface area (TPSA) is 35.2 Å². The third-order valence-corrected chi connectivity index (χ3v) is 4.89. The summed E-state index contributed by atoms with van der Waals surface area (Å²) < 4.78 is 14.4. The Morgan fingerprint density at radius 2 is 1.79 bits per heavy atom. The molecule has 146 valence electrons. The Balaban J connectivity index is 0.000000329. The number of aromatic nitrogens is 2. The quantitative estimate of drug-likeness (QED) is 0.391. The molecule has 5 rings (SSSR count). The molecule has 0 atom stereocenters. The molecule has 1 aliphatic rings. The maximum Gasteiger partial charge on any atom is 2.00 e. The van der Waals surface area contributed by atoms with Crippen LogP contribution in [-0.2, 0) is 17.1 Å². The zero-order chi connectivity index (χ0) is 18.6. The zero-order valence-electron chi connectivity index (χ0n) is 15.8. The minimum atomic E-state index is -0.185. The summed E-state index contributed by atoms with van der Waals surface area (Å²) in [7, 11) is 2.09. The molecule has 6 heteroatoms. The minimum absolute atomic E-state index is 0.